The van der Waals surface area contributed by atoms with Crippen molar-refractivity contribution in [3.05, 3.63) is 21.7 Å². The molecule has 0 radical (unpaired) electrons. The van der Waals surface area contributed by atoms with Gasteiger partial charge in [-0.3, -0.25) is 14.2 Å². The maximum Gasteiger partial charge on any atom is 0.311 e. The van der Waals surface area contributed by atoms with Crippen LogP contribution in [0, 0.1) is 6.92 Å². The molecule has 0 amide bonds. The number of nitrogens with zero attached hydrogens (tertiary/aromatic N) is 3. The van der Waals surface area contributed by atoms with E-state index in [4.69, 9.17) is 9.47 Å². The number of esters is 1. The number of hydrogen-bond donors (Lipinski definition) is 0. The zero-order valence-electron chi connectivity index (χ0n) is 12.6. The average Bonchev–Trinajstić information content (AvgIpc) is 2.98. The summed E-state index contributed by atoms with van der Waals surface area (Å²) in [5.74, 6) is 0.196. The molecule has 2 aromatic rings. The fourth-order valence-electron chi connectivity index (χ4n) is 2.67. The monoisotopic (exact) mass is 323 g/mol. The summed E-state index contributed by atoms with van der Waals surface area (Å²) in [4.78, 5) is 31.9. The summed E-state index contributed by atoms with van der Waals surface area (Å²) in [6, 6.07) is 0. The van der Waals surface area contributed by atoms with Gasteiger partial charge in [0.05, 0.1) is 17.0 Å². The van der Waals surface area contributed by atoms with Gasteiger partial charge in [0.25, 0.3) is 0 Å². The smallest absolute Gasteiger partial charge is 0.311 e. The average molecular weight is 323 g/mol. The molecule has 2 aromatic heterocycles. The van der Waals surface area contributed by atoms with E-state index >= 15 is 0 Å². The van der Waals surface area contributed by atoms with E-state index in [-0.39, 0.29) is 16.9 Å². The van der Waals surface area contributed by atoms with Gasteiger partial charge in [0.1, 0.15) is 11.9 Å². The van der Waals surface area contributed by atoms with Crippen LogP contribution in [0.2, 0.25) is 0 Å². The normalized spacial score (nSPS) is 24.8. The number of aromatic nitrogens is 3. The predicted molar refractivity (Wildman–Crippen MR) is 80.8 cm³/mol. The molecule has 1 aliphatic heterocycles. The first-order valence-corrected chi connectivity index (χ1v) is 7.98. The largest absolute Gasteiger partial charge is 0.458 e. The third-order valence-corrected chi connectivity index (χ3v) is 4.53. The zero-order chi connectivity index (χ0) is 15.9. The molecule has 0 N–H and O–H groups in total. The number of ether oxygens (including phenoxy) is 2. The highest BCUT2D eigenvalue weighted by molar-refractivity contribution is 7.16. The number of carbonyl (C=O) groups is 1. The van der Waals surface area contributed by atoms with Crippen molar-refractivity contribution in [3.63, 3.8) is 0 Å². The minimum atomic E-state index is -0.635. The molecule has 3 rings (SSSR count). The fourth-order valence-corrected chi connectivity index (χ4v) is 3.49. The summed E-state index contributed by atoms with van der Waals surface area (Å²) < 4.78 is 13.5. The molecule has 0 saturated carbocycles. The molecule has 0 bridgehead atoms. The van der Waals surface area contributed by atoms with Gasteiger partial charge in [-0.15, -0.1) is 0 Å². The van der Waals surface area contributed by atoms with E-state index in [1.54, 1.807) is 13.1 Å². The predicted octanol–water partition coefficient (Wildman–Crippen LogP) is 1.79. The van der Waals surface area contributed by atoms with Gasteiger partial charge in [-0.1, -0.05) is 18.3 Å². The number of rotatable bonds is 3. The number of thiazole rings is 1. The van der Waals surface area contributed by atoms with E-state index < -0.39 is 12.3 Å². The molecule has 7 nitrogen and oxygen atoms in total. The summed E-state index contributed by atoms with van der Waals surface area (Å²) in [6.07, 6.45) is 1.85. The number of fused-ring (bicyclic) bond motifs is 1. The van der Waals surface area contributed by atoms with Crippen molar-refractivity contribution in [2.75, 3.05) is 0 Å². The second-order valence-electron chi connectivity index (χ2n) is 5.28. The maximum atomic E-state index is 12.4. The molecule has 118 valence electrons. The Kier molecular flexibility index (Phi) is 3.96. The molecule has 3 heterocycles. The van der Waals surface area contributed by atoms with Crippen LogP contribution >= 0.6 is 11.3 Å². The van der Waals surface area contributed by atoms with Crippen molar-refractivity contribution in [1.29, 1.82) is 0 Å². The van der Waals surface area contributed by atoms with Crippen LogP contribution in [-0.4, -0.2) is 32.7 Å². The van der Waals surface area contributed by atoms with Crippen LogP contribution in [-0.2, 0) is 14.3 Å². The van der Waals surface area contributed by atoms with Gasteiger partial charge in [0, 0.05) is 13.3 Å². The molecule has 1 fully saturated rings. The lowest BCUT2D eigenvalue weighted by atomic mass is 10.1. The van der Waals surface area contributed by atoms with E-state index in [2.05, 4.69) is 9.97 Å². The summed E-state index contributed by atoms with van der Waals surface area (Å²) >= 11 is 1.07. The standard InChI is InChI=1S/C14H17N3O4S/c1-4-9-5-10(20-8(3)18)13(21-9)17-12-11(22-14(17)19)6-15-7(2)16-12/h6,9-10,13H,4-5H2,1-3H3/t9-,10-,13-/m1/s1. The quantitative estimate of drug-likeness (QED) is 0.801. The Hall–Kier alpha value is -1.80. The lowest BCUT2D eigenvalue weighted by Crippen LogP contribution is -2.30. The Morgan fingerprint density at radius 2 is 2.36 bits per heavy atom. The van der Waals surface area contributed by atoms with Gasteiger partial charge in [-0.2, -0.15) is 0 Å². The molecule has 0 aliphatic carbocycles. The molecule has 22 heavy (non-hydrogen) atoms. The number of aryl methyl sites for hydroxylation is 1. The van der Waals surface area contributed by atoms with E-state index in [1.165, 1.54) is 11.5 Å². The molecule has 3 atom stereocenters. The lowest BCUT2D eigenvalue weighted by Gasteiger charge is -2.19. The van der Waals surface area contributed by atoms with Crippen molar-refractivity contribution in [2.24, 2.45) is 0 Å². The summed E-state index contributed by atoms with van der Waals surface area (Å²) in [5, 5.41) is 0. The highest BCUT2D eigenvalue weighted by atomic mass is 32.1. The highest BCUT2D eigenvalue weighted by Crippen LogP contribution is 2.34. The summed E-state index contributed by atoms with van der Waals surface area (Å²) in [7, 11) is 0. The SMILES string of the molecule is CC[C@@H]1C[C@@H](OC(C)=O)[C@H](n2c(=O)sc3cnc(C)nc32)O1. The first-order chi connectivity index (χ1) is 10.5. The first kappa shape index (κ1) is 15.1. The van der Waals surface area contributed by atoms with Gasteiger partial charge in [-0.25, -0.2) is 9.97 Å². The topological polar surface area (TPSA) is 83.3 Å². The van der Waals surface area contributed by atoms with E-state index in [1.807, 2.05) is 6.92 Å². The van der Waals surface area contributed by atoms with Crippen LogP contribution in [0.5, 0.6) is 0 Å². The lowest BCUT2D eigenvalue weighted by molar-refractivity contribution is -0.152. The third-order valence-electron chi connectivity index (χ3n) is 3.65. The third kappa shape index (κ3) is 2.64. The van der Waals surface area contributed by atoms with Crippen LogP contribution in [0.1, 0.15) is 38.7 Å². The Morgan fingerprint density at radius 1 is 1.59 bits per heavy atom. The number of hydrogen-bond acceptors (Lipinski definition) is 7. The van der Waals surface area contributed by atoms with Gasteiger partial charge in [0.2, 0.25) is 0 Å². The van der Waals surface area contributed by atoms with Crippen LogP contribution < -0.4 is 4.87 Å². The Labute approximate surface area is 130 Å². The second kappa shape index (κ2) is 5.77. The summed E-state index contributed by atoms with van der Waals surface area (Å²) in [5.41, 5.74) is 0.529. The number of carbonyl (C=O) groups excluding carboxylic acids is 1. The molecule has 0 spiro atoms. The molecular weight excluding hydrogens is 306 g/mol. The molecular formula is C14H17N3O4S. The van der Waals surface area contributed by atoms with Gasteiger partial charge in [-0.05, 0) is 13.3 Å². The molecule has 0 aromatic carbocycles. The van der Waals surface area contributed by atoms with Crippen molar-refractivity contribution in [2.45, 2.75) is 52.0 Å². The maximum absolute atomic E-state index is 12.4. The van der Waals surface area contributed by atoms with Gasteiger partial charge >= 0.3 is 10.8 Å². The minimum absolute atomic E-state index is 0.0425. The Morgan fingerprint density at radius 3 is 3.05 bits per heavy atom. The van der Waals surface area contributed by atoms with Crippen molar-refractivity contribution >= 4 is 27.7 Å². The van der Waals surface area contributed by atoms with Crippen molar-refractivity contribution < 1.29 is 14.3 Å². The molecule has 8 heteroatoms. The van der Waals surface area contributed by atoms with Crippen LogP contribution in [0.25, 0.3) is 10.3 Å². The zero-order valence-corrected chi connectivity index (χ0v) is 13.4. The van der Waals surface area contributed by atoms with Crippen LogP contribution in [0.15, 0.2) is 11.0 Å². The Bertz CT molecular complexity index is 769. The highest BCUT2D eigenvalue weighted by Gasteiger charge is 2.39. The van der Waals surface area contributed by atoms with Crippen molar-refractivity contribution in [1.82, 2.24) is 14.5 Å². The van der Waals surface area contributed by atoms with E-state index in [9.17, 15) is 9.59 Å². The van der Waals surface area contributed by atoms with Gasteiger partial charge < -0.3 is 9.47 Å². The van der Waals surface area contributed by atoms with Crippen LogP contribution in [0.4, 0.5) is 0 Å². The van der Waals surface area contributed by atoms with E-state index in [0.717, 1.165) is 17.8 Å². The minimum Gasteiger partial charge on any atom is -0.458 e. The Balaban J connectivity index is 2.08. The van der Waals surface area contributed by atoms with Crippen molar-refractivity contribution in [3.8, 4) is 0 Å². The summed E-state index contributed by atoms with van der Waals surface area (Å²) in [6.45, 7) is 5.12. The van der Waals surface area contributed by atoms with E-state index in [0.29, 0.717) is 22.6 Å². The second-order valence-corrected chi connectivity index (χ2v) is 6.28. The fraction of sp³-hybridized carbons (Fsp3) is 0.571. The van der Waals surface area contributed by atoms with Gasteiger partial charge in [0.15, 0.2) is 11.9 Å². The molecule has 0 unspecified atom stereocenters. The van der Waals surface area contributed by atoms with Crippen LogP contribution in [0.3, 0.4) is 0 Å². The molecule has 1 aliphatic rings. The molecule has 1 saturated heterocycles. The first-order valence-electron chi connectivity index (χ1n) is 7.17.